The lowest BCUT2D eigenvalue weighted by atomic mass is 10.2. The van der Waals surface area contributed by atoms with Crippen molar-refractivity contribution < 1.29 is 14.2 Å². The Bertz CT molecular complexity index is 875. The molecule has 1 aliphatic rings. The van der Waals surface area contributed by atoms with Crippen molar-refractivity contribution in [2.75, 3.05) is 25.6 Å². The van der Waals surface area contributed by atoms with Crippen LogP contribution >= 0.6 is 23.1 Å². The fourth-order valence-electron chi connectivity index (χ4n) is 3.23. The van der Waals surface area contributed by atoms with Gasteiger partial charge in [0.2, 0.25) is 0 Å². The van der Waals surface area contributed by atoms with Crippen LogP contribution in [0.5, 0.6) is 11.5 Å². The highest BCUT2D eigenvalue weighted by atomic mass is 32.2. The summed E-state index contributed by atoms with van der Waals surface area (Å²) in [4.78, 5) is 1.13. The van der Waals surface area contributed by atoms with Gasteiger partial charge in [0.1, 0.15) is 11.5 Å². The molecule has 29 heavy (non-hydrogen) atoms. The first-order chi connectivity index (χ1) is 14.3. The first-order valence-corrected chi connectivity index (χ1v) is 11.8. The highest BCUT2D eigenvalue weighted by Gasteiger charge is 2.22. The van der Waals surface area contributed by atoms with E-state index in [1.807, 2.05) is 37.3 Å². The maximum atomic E-state index is 5.86. The zero-order chi connectivity index (χ0) is 19.9. The number of benzene rings is 1. The number of nitrogens with zero attached hydrogens (tertiary/aromatic N) is 3. The molecule has 0 radical (unpaired) electrons. The molecule has 1 unspecified atom stereocenters. The summed E-state index contributed by atoms with van der Waals surface area (Å²) in [7, 11) is 0. The molecule has 4 rings (SSSR count). The smallest absolute Gasteiger partial charge is 0.191 e. The summed E-state index contributed by atoms with van der Waals surface area (Å²) in [6.07, 6.45) is 2.45. The molecule has 3 aromatic rings. The molecule has 6 nitrogen and oxygen atoms in total. The van der Waals surface area contributed by atoms with Crippen LogP contribution in [0.15, 0.2) is 46.9 Å². The van der Waals surface area contributed by atoms with E-state index in [2.05, 4.69) is 26.2 Å². The van der Waals surface area contributed by atoms with E-state index >= 15 is 0 Å². The second kappa shape index (κ2) is 10.1. The molecule has 8 heteroatoms. The molecule has 0 saturated carbocycles. The highest BCUT2D eigenvalue weighted by Crippen LogP contribution is 2.29. The maximum absolute atomic E-state index is 5.86. The van der Waals surface area contributed by atoms with E-state index in [0.717, 1.165) is 59.1 Å². The van der Waals surface area contributed by atoms with Crippen molar-refractivity contribution in [1.29, 1.82) is 0 Å². The van der Waals surface area contributed by atoms with E-state index in [1.165, 1.54) is 0 Å². The normalized spacial score (nSPS) is 16.2. The number of thiophene rings is 1. The molecule has 3 heterocycles. The van der Waals surface area contributed by atoms with E-state index in [4.69, 9.17) is 14.2 Å². The van der Waals surface area contributed by atoms with Crippen LogP contribution in [-0.4, -0.2) is 46.4 Å². The lowest BCUT2D eigenvalue weighted by molar-refractivity contribution is 0.0953. The van der Waals surface area contributed by atoms with Gasteiger partial charge in [0.25, 0.3) is 0 Å². The predicted molar refractivity (Wildman–Crippen MR) is 116 cm³/mol. The lowest BCUT2D eigenvalue weighted by Crippen LogP contribution is -2.16. The van der Waals surface area contributed by atoms with Gasteiger partial charge in [0, 0.05) is 12.4 Å². The van der Waals surface area contributed by atoms with Crippen LogP contribution in [0.4, 0.5) is 0 Å². The summed E-state index contributed by atoms with van der Waals surface area (Å²) in [5.41, 5.74) is 0. The van der Waals surface area contributed by atoms with Crippen molar-refractivity contribution in [2.24, 2.45) is 0 Å². The Morgan fingerprint density at radius 2 is 2.00 bits per heavy atom. The Morgan fingerprint density at radius 3 is 2.69 bits per heavy atom. The monoisotopic (exact) mass is 431 g/mol. The van der Waals surface area contributed by atoms with Crippen molar-refractivity contribution in [1.82, 2.24) is 14.8 Å². The third-order valence-corrected chi connectivity index (χ3v) is 6.38. The standard InChI is InChI=1S/C21H25N3O3S2/c1-2-25-16-7-9-17(10-8-16)27-12-14-29-21-23-22-20(19-6-4-13-28-19)24(21)15-18-5-3-11-26-18/h4,6-10,13,18H,2-3,5,11-12,14-15H2,1H3. The summed E-state index contributed by atoms with van der Waals surface area (Å²) in [6, 6.07) is 11.9. The molecular formula is C21H25N3O3S2. The van der Waals surface area contributed by atoms with Gasteiger partial charge in [-0.1, -0.05) is 17.8 Å². The van der Waals surface area contributed by atoms with Gasteiger partial charge in [-0.3, -0.25) is 4.57 Å². The molecular weight excluding hydrogens is 406 g/mol. The number of ether oxygens (including phenoxy) is 3. The van der Waals surface area contributed by atoms with Crippen LogP contribution in [0.1, 0.15) is 19.8 Å². The van der Waals surface area contributed by atoms with Gasteiger partial charge < -0.3 is 14.2 Å². The summed E-state index contributed by atoms with van der Waals surface area (Å²) in [5.74, 6) is 3.42. The van der Waals surface area contributed by atoms with Gasteiger partial charge in [0.05, 0.1) is 30.7 Å². The third-order valence-electron chi connectivity index (χ3n) is 4.59. The molecule has 1 atom stereocenters. The summed E-state index contributed by atoms with van der Waals surface area (Å²) in [6.45, 7) is 4.88. The first-order valence-electron chi connectivity index (χ1n) is 9.90. The summed E-state index contributed by atoms with van der Waals surface area (Å²) >= 11 is 3.35. The number of thioether (sulfide) groups is 1. The van der Waals surface area contributed by atoms with Crippen LogP contribution in [0.3, 0.4) is 0 Å². The average Bonchev–Trinajstić information content (AvgIpc) is 3.50. The molecule has 0 bridgehead atoms. The topological polar surface area (TPSA) is 58.4 Å². The Hall–Kier alpha value is -2.03. The zero-order valence-electron chi connectivity index (χ0n) is 16.5. The van der Waals surface area contributed by atoms with Crippen LogP contribution < -0.4 is 9.47 Å². The second-order valence-corrected chi connectivity index (χ2v) is 8.64. The molecule has 0 N–H and O–H groups in total. The molecule has 1 aromatic carbocycles. The number of aromatic nitrogens is 3. The highest BCUT2D eigenvalue weighted by molar-refractivity contribution is 7.99. The van der Waals surface area contributed by atoms with Gasteiger partial charge >= 0.3 is 0 Å². The Morgan fingerprint density at radius 1 is 1.17 bits per heavy atom. The van der Waals surface area contributed by atoms with Crippen LogP contribution in [-0.2, 0) is 11.3 Å². The maximum Gasteiger partial charge on any atom is 0.191 e. The van der Waals surface area contributed by atoms with Gasteiger partial charge in [-0.25, -0.2) is 0 Å². The van der Waals surface area contributed by atoms with E-state index in [9.17, 15) is 0 Å². The van der Waals surface area contributed by atoms with E-state index in [-0.39, 0.29) is 6.10 Å². The zero-order valence-corrected chi connectivity index (χ0v) is 18.1. The number of hydrogen-bond acceptors (Lipinski definition) is 7. The van der Waals surface area contributed by atoms with Gasteiger partial charge in [-0.05, 0) is 55.5 Å². The van der Waals surface area contributed by atoms with Gasteiger partial charge in [-0.15, -0.1) is 21.5 Å². The third kappa shape index (κ3) is 5.32. The van der Waals surface area contributed by atoms with Gasteiger partial charge in [0.15, 0.2) is 11.0 Å². The fraction of sp³-hybridized carbons (Fsp3) is 0.429. The Balaban J connectivity index is 1.36. The molecule has 1 fully saturated rings. The van der Waals surface area contributed by atoms with E-state index in [1.54, 1.807) is 23.1 Å². The Labute approximate surface area is 179 Å². The molecule has 0 aliphatic carbocycles. The molecule has 1 aliphatic heterocycles. The van der Waals surface area contributed by atoms with Crippen molar-refractivity contribution in [2.45, 2.75) is 37.6 Å². The second-order valence-electron chi connectivity index (χ2n) is 6.63. The molecule has 0 spiro atoms. The number of hydrogen-bond donors (Lipinski definition) is 0. The molecule has 1 saturated heterocycles. The molecule has 2 aromatic heterocycles. The summed E-state index contributed by atoms with van der Waals surface area (Å²) < 4.78 is 19.4. The Kier molecular flexibility index (Phi) is 7.08. The SMILES string of the molecule is CCOc1ccc(OCCSc2nnc(-c3cccs3)n2CC2CCCO2)cc1. The van der Waals surface area contributed by atoms with Crippen LogP contribution in [0, 0.1) is 0 Å². The van der Waals surface area contributed by atoms with Crippen molar-refractivity contribution >= 4 is 23.1 Å². The van der Waals surface area contributed by atoms with Crippen LogP contribution in [0.25, 0.3) is 10.7 Å². The molecule has 0 amide bonds. The fourth-order valence-corrected chi connectivity index (χ4v) is 4.71. The average molecular weight is 432 g/mol. The minimum Gasteiger partial charge on any atom is -0.494 e. The largest absolute Gasteiger partial charge is 0.494 e. The lowest BCUT2D eigenvalue weighted by Gasteiger charge is -2.14. The summed E-state index contributed by atoms with van der Waals surface area (Å²) in [5, 5.41) is 11.9. The van der Waals surface area contributed by atoms with Gasteiger partial charge in [-0.2, -0.15) is 0 Å². The number of rotatable bonds is 10. The van der Waals surface area contributed by atoms with Crippen molar-refractivity contribution in [3.05, 3.63) is 41.8 Å². The van der Waals surface area contributed by atoms with E-state index < -0.39 is 0 Å². The van der Waals surface area contributed by atoms with Crippen LogP contribution in [0.2, 0.25) is 0 Å². The van der Waals surface area contributed by atoms with E-state index in [0.29, 0.717) is 13.2 Å². The minimum absolute atomic E-state index is 0.240. The van der Waals surface area contributed by atoms with Crippen molar-refractivity contribution in [3.63, 3.8) is 0 Å². The quantitative estimate of drug-likeness (QED) is 0.341. The van der Waals surface area contributed by atoms with Crippen molar-refractivity contribution in [3.8, 4) is 22.2 Å². The first kappa shape index (κ1) is 20.3. The molecule has 154 valence electrons. The minimum atomic E-state index is 0.240. The predicted octanol–water partition coefficient (Wildman–Crippen LogP) is 4.76.